The van der Waals surface area contributed by atoms with E-state index in [1.807, 2.05) is 0 Å². The van der Waals surface area contributed by atoms with Gasteiger partial charge in [0.2, 0.25) is 5.91 Å². The molecule has 3 N–H and O–H groups in total. The highest BCUT2D eigenvalue weighted by Gasteiger charge is 2.20. The summed E-state index contributed by atoms with van der Waals surface area (Å²) >= 11 is 0. The zero-order valence-electron chi connectivity index (χ0n) is 52.0. The zero-order valence-corrected chi connectivity index (χ0v) is 52.0. The van der Waals surface area contributed by atoms with Crippen LogP contribution in [0.2, 0.25) is 0 Å². The topological polar surface area (TPSA) is 95.9 Å². The number of nitrogens with one attached hydrogen (secondary N) is 1. The third-order valence-electron chi connectivity index (χ3n) is 16.2. The Labute approximate surface area is 481 Å². The smallest absolute Gasteiger partial charge is 0.305 e. The van der Waals surface area contributed by atoms with E-state index < -0.39 is 12.1 Å². The molecule has 0 heterocycles. The van der Waals surface area contributed by atoms with E-state index in [4.69, 9.17) is 4.74 Å². The number of hydrogen-bond acceptors (Lipinski definition) is 5. The van der Waals surface area contributed by atoms with Crippen molar-refractivity contribution in [2.45, 2.75) is 392 Å². The van der Waals surface area contributed by atoms with Crippen LogP contribution in [0.25, 0.3) is 0 Å². The Bertz CT molecular complexity index is 1250. The molecule has 0 fully saturated rings. The molecule has 6 heteroatoms. The summed E-state index contributed by atoms with van der Waals surface area (Å²) in [6.45, 7) is 4.93. The molecular weight excluding hydrogens is 947 g/mol. The van der Waals surface area contributed by atoms with E-state index in [0.717, 1.165) is 51.4 Å². The van der Waals surface area contributed by atoms with Gasteiger partial charge in [0.25, 0.3) is 0 Å². The molecular formula is C71H135NO5. The molecule has 6 nitrogen and oxygen atoms in total. The molecule has 0 aliphatic heterocycles. The van der Waals surface area contributed by atoms with Crippen LogP contribution in [-0.4, -0.2) is 47.4 Å². The molecule has 0 aromatic heterocycles. The molecule has 77 heavy (non-hydrogen) atoms. The molecule has 1 amide bonds. The molecule has 0 aromatic carbocycles. The lowest BCUT2D eigenvalue weighted by Crippen LogP contribution is -2.45. The molecule has 0 aliphatic rings. The predicted molar refractivity (Wildman–Crippen MR) is 338 cm³/mol. The van der Waals surface area contributed by atoms with Crippen molar-refractivity contribution in [3.8, 4) is 0 Å². The summed E-state index contributed by atoms with van der Waals surface area (Å²) in [6, 6.07) is -0.540. The Hall–Kier alpha value is -1.92. The van der Waals surface area contributed by atoms with E-state index in [1.54, 1.807) is 0 Å². The summed E-state index contributed by atoms with van der Waals surface area (Å²) in [5.41, 5.74) is 0. The van der Waals surface area contributed by atoms with Crippen molar-refractivity contribution in [3.05, 3.63) is 36.5 Å². The van der Waals surface area contributed by atoms with Crippen molar-refractivity contribution >= 4 is 11.9 Å². The highest BCUT2D eigenvalue weighted by molar-refractivity contribution is 5.76. The maximum Gasteiger partial charge on any atom is 0.305 e. The van der Waals surface area contributed by atoms with Crippen LogP contribution in [-0.2, 0) is 14.3 Å². The van der Waals surface area contributed by atoms with Crippen molar-refractivity contribution in [2.24, 2.45) is 0 Å². The number of amides is 1. The summed E-state index contributed by atoms with van der Waals surface area (Å²) in [7, 11) is 0. The van der Waals surface area contributed by atoms with Gasteiger partial charge in [0.15, 0.2) is 0 Å². The molecule has 0 aliphatic carbocycles. The second-order valence-electron chi connectivity index (χ2n) is 23.9. The van der Waals surface area contributed by atoms with Crippen LogP contribution in [0, 0.1) is 0 Å². The number of aliphatic hydroxyl groups is 2. The Morgan fingerprint density at radius 1 is 0.364 bits per heavy atom. The van der Waals surface area contributed by atoms with Crippen molar-refractivity contribution in [1.82, 2.24) is 5.32 Å². The quantitative estimate of drug-likeness (QED) is 0.0320. The van der Waals surface area contributed by atoms with Crippen molar-refractivity contribution in [1.29, 1.82) is 0 Å². The molecule has 454 valence electrons. The number of allylic oxidation sites excluding steroid dienone is 6. The first kappa shape index (κ1) is 75.1. The van der Waals surface area contributed by atoms with Crippen LogP contribution in [0.4, 0.5) is 0 Å². The molecule has 0 aromatic rings. The van der Waals surface area contributed by atoms with Gasteiger partial charge in [-0.1, -0.05) is 326 Å². The van der Waals surface area contributed by atoms with E-state index in [1.165, 1.54) is 295 Å². The third-order valence-corrected chi connectivity index (χ3v) is 16.2. The largest absolute Gasteiger partial charge is 0.466 e. The molecule has 0 saturated heterocycles. The number of ether oxygens (including phenoxy) is 1. The number of carbonyl (C=O) groups excluding carboxylic acids is 2. The van der Waals surface area contributed by atoms with Crippen LogP contribution in [0.3, 0.4) is 0 Å². The van der Waals surface area contributed by atoms with Gasteiger partial charge in [-0.2, -0.15) is 0 Å². The molecule has 2 unspecified atom stereocenters. The van der Waals surface area contributed by atoms with Gasteiger partial charge >= 0.3 is 5.97 Å². The summed E-state index contributed by atoms with van der Waals surface area (Å²) in [5.74, 6) is -0.0273. The Morgan fingerprint density at radius 3 is 1.04 bits per heavy atom. The number of hydrogen-bond donors (Lipinski definition) is 3. The maximum absolute atomic E-state index is 12.5. The van der Waals surface area contributed by atoms with Crippen LogP contribution < -0.4 is 5.32 Å². The number of carbonyl (C=O) groups is 2. The summed E-state index contributed by atoms with van der Waals surface area (Å²) in [4.78, 5) is 24.6. The summed E-state index contributed by atoms with van der Waals surface area (Å²) < 4.78 is 5.48. The van der Waals surface area contributed by atoms with Gasteiger partial charge in [-0.05, 0) is 77.0 Å². The molecule has 0 bridgehead atoms. The van der Waals surface area contributed by atoms with Crippen LogP contribution in [0.5, 0.6) is 0 Å². The van der Waals surface area contributed by atoms with Crippen LogP contribution in [0.1, 0.15) is 380 Å². The molecule has 0 rings (SSSR count). The first-order valence-corrected chi connectivity index (χ1v) is 34.7. The zero-order chi connectivity index (χ0) is 55.7. The predicted octanol–water partition coefficient (Wildman–Crippen LogP) is 22.3. The first-order chi connectivity index (χ1) is 38.0. The van der Waals surface area contributed by atoms with Gasteiger partial charge in [0, 0.05) is 12.8 Å². The first-order valence-electron chi connectivity index (χ1n) is 34.7. The lowest BCUT2D eigenvalue weighted by molar-refractivity contribution is -0.143. The maximum atomic E-state index is 12.5. The van der Waals surface area contributed by atoms with Crippen molar-refractivity contribution in [2.75, 3.05) is 13.2 Å². The van der Waals surface area contributed by atoms with E-state index in [9.17, 15) is 19.8 Å². The fourth-order valence-corrected chi connectivity index (χ4v) is 10.8. The van der Waals surface area contributed by atoms with Crippen molar-refractivity contribution in [3.63, 3.8) is 0 Å². The van der Waals surface area contributed by atoms with E-state index in [-0.39, 0.29) is 18.5 Å². The normalized spacial score (nSPS) is 12.7. The molecule has 0 radical (unpaired) electrons. The van der Waals surface area contributed by atoms with Gasteiger partial charge in [-0.25, -0.2) is 0 Å². The van der Waals surface area contributed by atoms with Crippen LogP contribution in [0.15, 0.2) is 36.5 Å². The summed E-state index contributed by atoms with van der Waals surface area (Å²) in [5, 5.41) is 23.3. The average molecular weight is 1080 g/mol. The van der Waals surface area contributed by atoms with Gasteiger partial charge in [-0.15, -0.1) is 0 Å². The third kappa shape index (κ3) is 63.1. The Morgan fingerprint density at radius 2 is 0.662 bits per heavy atom. The highest BCUT2D eigenvalue weighted by atomic mass is 16.5. The minimum atomic E-state index is -0.663. The Kier molecular flexibility index (Phi) is 64.9. The minimum absolute atomic E-state index is 0.00324. The minimum Gasteiger partial charge on any atom is -0.466 e. The average Bonchev–Trinajstić information content (AvgIpc) is 3.43. The summed E-state index contributed by atoms with van der Waals surface area (Å²) in [6.07, 6.45) is 84.8. The van der Waals surface area contributed by atoms with Gasteiger partial charge in [0.05, 0.1) is 25.4 Å². The second-order valence-corrected chi connectivity index (χ2v) is 23.9. The van der Waals surface area contributed by atoms with E-state index >= 15 is 0 Å². The highest BCUT2D eigenvalue weighted by Crippen LogP contribution is 2.18. The molecule has 0 spiro atoms. The Balaban J connectivity index is 3.36. The standard InChI is InChI=1S/C71H135NO5/c1-3-5-7-9-11-13-15-17-36-39-43-47-51-55-59-63-69(74)68(67-73)72-70(75)64-60-56-52-48-44-40-37-34-32-30-28-26-24-22-20-19-21-23-25-27-29-31-33-35-38-42-46-50-54-58-62-66-77-71(76)65-61-57-53-49-45-41-18-16-14-12-10-8-6-4-2/h10,12,16,18,21,23,68-69,73-74H,3-9,11,13-15,17,19-20,22,24-67H2,1-2H3,(H,72,75)/b12-10-,18-16-,23-21-. The lowest BCUT2D eigenvalue weighted by atomic mass is 10.0. The number of rotatable bonds is 65. The van der Waals surface area contributed by atoms with Crippen LogP contribution >= 0.6 is 0 Å². The second kappa shape index (κ2) is 66.6. The monoisotopic (exact) mass is 1080 g/mol. The molecule has 0 saturated carbocycles. The van der Waals surface area contributed by atoms with Gasteiger partial charge in [-0.3, -0.25) is 9.59 Å². The fourth-order valence-electron chi connectivity index (χ4n) is 10.8. The number of unbranched alkanes of at least 4 members (excludes halogenated alkanes) is 48. The van der Waals surface area contributed by atoms with Crippen molar-refractivity contribution < 1.29 is 24.5 Å². The fraction of sp³-hybridized carbons (Fsp3) is 0.887. The van der Waals surface area contributed by atoms with Gasteiger partial charge < -0.3 is 20.3 Å². The number of aliphatic hydroxyl groups excluding tert-OH is 2. The SMILES string of the molecule is CCCC/C=C\C/C=C\CCCCCCCC(=O)OCCCCCCCCCCCCCC/C=C\CCCCCCCCCCCCCCCCCC(=O)NC(CO)C(O)CCCCCCCCCCCCCCCCC. The van der Waals surface area contributed by atoms with E-state index in [2.05, 4.69) is 55.6 Å². The van der Waals surface area contributed by atoms with E-state index in [0.29, 0.717) is 25.9 Å². The number of esters is 1. The van der Waals surface area contributed by atoms with Gasteiger partial charge in [0.1, 0.15) is 0 Å². The molecule has 2 atom stereocenters. The lowest BCUT2D eigenvalue weighted by Gasteiger charge is -2.22.